The third kappa shape index (κ3) is 3.69. The number of hydrogen-bond acceptors (Lipinski definition) is 3. The molecule has 22 heavy (non-hydrogen) atoms. The van der Waals surface area contributed by atoms with E-state index in [1.807, 2.05) is 18.2 Å². The molecule has 0 radical (unpaired) electrons. The first-order valence-corrected chi connectivity index (χ1v) is 7.55. The zero-order chi connectivity index (χ0) is 15.8. The molecule has 1 fully saturated rings. The van der Waals surface area contributed by atoms with Crippen LogP contribution in [0.2, 0.25) is 0 Å². The Morgan fingerprint density at radius 2 is 2.05 bits per heavy atom. The van der Waals surface area contributed by atoms with Gasteiger partial charge in [0.05, 0.1) is 6.61 Å². The van der Waals surface area contributed by atoms with Crippen LogP contribution in [-0.2, 0) is 10.3 Å². The SMILES string of the molecule is CC(Cl)(Cl)CC1(c2cccc(Oc3cccc(F)n3)c2)CO1. The van der Waals surface area contributed by atoms with Crippen LogP contribution in [0.3, 0.4) is 0 Å². The minimum absolute atomic E-state index is 0.197. The molecule has 3 rings (SSSR count). The van der Waals surface area contributed by atoms with Crippen LogP contribution >= 0.6 is 23.2 Å². The highest BCUT2D eigenvalue weighted by atomic mass is 35.5. The number of aromatic nitrogens is 1. The Labute approximate surface area is 138 Å². The quantitative estimate of drug-likeness (QED) is 0.444. The molecule has 1 aliphatic heterocycles. The van der Waals surface area contributed by atoms with Crippen molar-refractivity contribution in [2.24, 2.45) is 0 Å². The van der Waals surface area contributed by atoms with Crippen molar-refractivity contribution in [3.8, 4) is 11.6 Å². The number of rotatable bonds is 5. The van der Waals surface area contributed by atoms with Gasteiger partial charge in [-0.15, -0.1) is 23.2 Å². The molecule has 2 heterocycles. The molecule has 1 aliphatic rings. The number of halogens is 3. The molecule has 0 bridgehead atoms. The lowest BCUT2D eigenvalue weighted by Gasteiger charge is -2.20. The van der Waals surface area contributed by atoms with Crippen LogP contribution in [0.15, 0.2) is 42.5 Å². The molecular formula is C16H14Cl2FNO2. The lowest BCUT2D eigenvalue weighted by atomic mass is 9.94. The summed E-state index contributed by atoms with van der Waals surface area (Å²) < 4.78 is 23.4. The number of alkyl halides is 2. The zero-order valence-corrected chi connectivity index (χ0v) is 13.4. The predicted molar refractivity (Wildman–Crippen MR) is 83.1 cm³/mol. The molecule has 0 amide bonds. The monoisotopic (exact) mass is 341 g/mol. The van der Waals surface area contributed by atoms with E-state index in [9.17, 15) is 4.39 Å². The number of hydrogen-bond donors (Lipinski definition) is 0. The third-order valence-electron chi connectivity index (χ3n) is 3.36. The van der Waals surface area contributed by atoms with E-state index in [0.717, 1.165) is 5.56 Å². The van der Waals surface area contributed by atoms with Crippen LogP contribution in [0.1, 0.15) is 18.9 Å². The predicted octanol–water partition coefficient (Wildman–Crippen LogP) is 4.82. The fraction of sp³-hybridized carbons (Fsp3) is 0.312. The maximum absolute atomic E-state index is 13.1. The maximum Gasteiger partial charge on any atom is 0.221 e. The van der Waals surface area contributed by atoms with Crippen molar-refractivity contribution in [3.63, 3.8) is 0 Å². The Hall–Kier alpha value is -1.36. The van der Waals surface area contributed by atoms with Crippen molar-refractivity contribution in [2.45, 2.75) is 23.3 Å². The highest BCUT2D eigenvalue weighted by molar-refractivity contribution is 6.48. The number of epoxide rings is 1. The summed E-state index contributed by atoms with van der Waals surface area (Å²) in [6, 6.07) is 11.8. The molecule has 6 heteroatoms. The second-order valence-electron chi connectivity index (χ2n) is 5.46. The number of ether oxygens (including phenoxy) is 2. The molecule has 0 saturated carbocycles. The van der Waals surface area contributed by atoms with E-state index >= 15 is 0 Å². The minimum Gasteiger partial charge on any atom is -0.439 e. The van der Waals surface area contributed by atoms with E-state index in [1.54, 1.807) is 25.1 Å². The molecule has 0 aliphatic carbocycles. The van der Waals surface area contributed by atoms with Crippen molar-refractivity contribution in [2.75, 3.05) is 6.61 Å². The molecular weight excluding hydrogens is 328 g/mol. The smallest absolute Gasteiger partial charge is 0.221 e. The number of nitrogens with zero attached hydrogens (tertiary/aromatic N) is 1. The molecule has 3 nitrogen and oxygen atoms in total. The van der Waals surface area contributed by atoms with Gasteiger partial charge in [-0.2, -0.15) is 9.37 Å². The van der Waals surface area contributed by atoms with Gasteiger partial charge in [0, 0.05) is 12.5 Å². The summed E-state index contributed by atoms with van der Waals surface area (Å²) in [6.07, 6.45) is 0.477. The summed E-state index contributed by atoms with van der Waals surface area (Å²) in [7, 11) is 0. The number of benzene rings is 1. The fourth-order valence-electron chi connectivity index (χ4n) is 2.37. The zero-order valence-electron chi connectivity index (χ0n) is 11.9. The van der Waals surface area contributed by atoms with Crippen LogP contribution in [0, 0.1) is 5.95 Å². The normalized spacial score (nSPS) is 20.7. The van der Waals surface area contributed by atoms with Gasteiger partial charge in [-0.25, -0.2) is 0 Å². The summed E-state index contributed by atoms with van der Waals surface area (Å²) in [6.45, 7) is 2.29. The fourth-order valence-corrected chi connectivity index (χ4v) is 2.80. The Morgan fingerprint density at radius 3 is 2.68 bits per heavy atom. The second kappa shape index (κ2) is 5.69. The van der Waals surface area contributed by atoms with E-state index < -0.39 is 15.9 Å². The van der Waals surface area contributed by atoms with Gasteiger partial charge in [-0.05, 0) is 30.7 Å². The topological polar surface area (TPSA) is 34.6 Å². The Bertz CT molecular complexity index is 684. The average Bonchev–Trinajstić information content (AvgIpc) is 3.18. The van der Waals surface area contributed by atoms with Gasteiger partial charge in [0.25, 0.3) is 0 Å². The lowest BCUT2D eigenvalue weighted by molar-refractivity contribution is 0.286. The van der Waals surface area contributed by atoms with Crippen molar-refractivity contribution in [1.82, 2.24) is 4.98 Å². The molecule has 1 aromatic heterocycles. The molecule has 2 aromatic rings. The highest BCUT2D eigenvalue weighted by Crippen LogP contribution is 2.48. The lowest BCUT2D eigenvalue weighted by Crippen LogP contribution is -2.20. The van der Waals surface area contributed by atoms with Gasteiger partial charge in [0.1, 0.15) is 15.7 Å². The van der Waals surface area contributed by atoms with Gasteiger partial charge in [-0.3, -0.25) is 0 Å². The van der Waals surface area contributed by atoms with E-state index in [2.05, 4.69) is 4.98 Å². The maximum atomic E-state index is 13.1. The Morgan fingerprint density at radius 1 is 1.32 bits per heavy atom. The van der Waals surface area contributed by atoms with Crippen molar-refractivity contribution >= 4 is 23.2 Å². The van der Waals surface area contributed by atoms with Gasteiger partial charge in [0.2, 0.25) is 11.8 Å². The van der Waals surface area contributed by atoms with Crippen molar-refractivity contribution in [3.05, 3.63) is 54.0 Å². The summed E-state index contributed by atoms with van der Waals surface area (Å²) in [5.74, 6) is 0.162. The molecule has 116 valence electrons. The van der Waals surface area contributed by atoms with E-state index in [4.69, 9.17) is 32.7 Å². The third-order valence-corrected chi connectivity index (χ3v) is 3.63. The molecule has 1 saturated heterocycles. The first-order chi connectivity index (χ1) is 10.4. The highest BCUT2D eigenvalue weighted by Gasteiger charge is 2.50. The summed E-state index contributed by atoms with van der Waals surface area (Å²) in [4.78, 5) is 3.67. The minimum atomic E-state index is -0.878. The first kappa shape index (κ1) is 15.5. The standard InChI is InChI=1S/C16H14Cl2FNO2/c1-15(17,18)9-16(10-21-16)11-4-2-5-12(8-11)22-14-7-3-6-13(19)20-14/h2-8H,9-10H2,1H3. The van der Waals surface area contributed by atoms with Crippen molar-refractivity contribution in [1.29, 1.82) is 0 Å². The van der Waals surface area contributed by atoms with Gasteiger partial charge < -0.3 is 9.47 Å². The van der Waals surface area contributed by atoms with Crippen LogP contribution < -0.4 is 4.74 Å². The summed E-state index contributed by atoms with van der Waals surface area (Å²) in [5.41, 5.74) is 0.446. The first-order valence-electron chi connectivity index (χ1n) is 6.79. The molecule has 0 N–H and O–H groups in total. The average molecular weight is 342 g/mol. The van der Waals surface area contributed by atoms with Crippen LogP contribution in [0.25, 0.3) is 0 Å². The van der Waals surface area contributed by atoms with Crippen LogP contribution in [0.4, 0.5) is 4.39 Å². The van der Waals surface area contributed by atoms with Crippen LogP contribution in [0.5, 0.6) is 11.6 Å². The molecule has 1 unspecified atom stereocenters. The summed E-state index contributed by atoms with van der Waals surface area (Å²) in [5, 5.41) is 0. The van der Waals surface area contributed by atoms with E-state index in [0.29, 0.717) is 18.8 Å². The van der Waals surface area contributed by atoms with Gasteiger partial charge in [0.15, 0.2) is 0 Å². The van der Waals surface area contributed by atoms with Crippen LogP contribution in [-0.4, -0.2) is 15.9 Å². The molecule has 0 spiro atoms. The summed E-state index contributed by atoms with van der Waals surface area (Å²) >= 11 is 12.2. The molecule has 1 atom stereocenters. The van der Waals surface area contributed by atoms with E-state index in [-0.39, 0.29) is 5.88 Å². The second-order valence-corrected chi connectivity index (χ2v) is 7.32. The van der Waals surface area contributed by atoms with Gasteiger partial charge >= 0.3 is 0 Å². The van der Waals surface area contributed by atoms with Gasteiger partial charge in [-0.1, -0.05) is 18.2 Å². The molecule has 1 aromatic carbocycles. The van der Waals surface area contributed by atoms with E-state index in [1.165, 1.54) is 6.07 Å². The number of pyridine rings is 1. The van der Waals surface area contributed by atoms with Crippen molar-refractivity contribution < 1.29 is 13.9 Å². The largest absolute Gasteiger partial charge is 0.439 e. The Balaban J connectivity index is 1.81. The Kier molecular flexibility index (Phi) is 4.02.